The molecule has 2 heterocycles. The number of hydrogen-bond acceptors (Lipinski definition) is 5. The van der Waals surface area contributed by atoms with E-state index in [0.29, 0.717) is 25.6 Å². The lowest BCUT2D eigenvalue weighted by molar-refractivity contribution is 0.0469. The predicted octanol–water partition coefficient (Wildman–Crippen LogP) is 0.510. The van der Waals surface area contributed by atoms with E-state index in [0.717, 1.165) is 0 Å². The Balaban J connectivity index is 2.28. The van der Waals surface area contributed by atoms with Gasteiger partial charge in [-0.2, -0.15) is 8.99 Å². The summed E-state index contributed by atoms with van der Waals surface area (Å²) in [5.74, 6) is 0.550. The monoisotopic (exact) mass is 250 g/mol. The quantitative estimate of drug-likeness (QED) is 0.581. The normalized spacial score (nSPS) is 31.5. The van der Waals surface area contributed by atoms with Gasteiger partial charge in [0, 0.05) is 0 Å². The van der Waals surface area contributed by atoms with Crippen molar-refractivity contribution in [2.75, 3.05) is 25.4 Å². The van der Waals surface area contributed by atoms with Crippen LogP contribution in [0.2, 0.25) is 0 Å². The minimum atomic E-state index is -0.436. The van der Waals surface area contributed by atoms with Crippen molar-refractivity contribution in [1.29, 1.82) is 0 Å². The second-order valence-electron chi connectivity index (χ2n) is 3.19. The standard InChI is InChI=1S/C7H10Cl2N5O/c8-5-3-14(9,1-2-15-5)7-12-4-11-6(10)13-7/h4-5H,1-3H2,(H2,10,11,12,13)/q+1. The van der Waals surface area contributed by atoms with Crippen molar-refractivity contribution in [3.8, 4) is 0 Å². The molecule has 0 amide bonds. The molecule has 2 rings (SSSR count). The second-order valence-corrected chi connectivity index (χ2v) is 4.33. The van der Waals surface area contributed by atoms with Crippen LogP contribution in [0, 0.1) is 0 Å². The highest BCUT2D eigenvalue weighted by Crippen LogP contribution is 2.26. The molecule has 1 fully saturated rings. The van der Waals surface area contributed by atoms with Crippen molar-refractivity contribution in [3.63, 3.8) is 0 Å². The Morgan fingerprint density at radius 3 is 3.00 bits per heavy atom. The summed E-state index contributed by atoms with van der Waals surface area (Å²) in [6.07, 6.45) is 1.33. The first-order valence-electron chi connectivity index (χ1n) is 4.38. The van der Waals surface area contributed by atoms with Crippen molar-refractivity contribution in [2.45, 2.75) is 5.56 Å². The molecule has 2 unspecified atom stereocenters. The van der Waals surface area contributed by atoms with Crippen LogP contribution in [-0.4, -0.2) is 40.2 Å². The highest BCUT2D eigenvalue weighted by Gasteiger charge is 2.39. The lowest BCUT2D eigenvalue weighted by atomic mass is 10.4. The fourth-order valence-corrected chi connectivity index (χ4v) is 2.04. The molecule has 1 aliphatic heterocycles. The van der Waals surface area contributed by atoms with Crippen LogP contribution in [0.25, 0.3) is 0 Å². The van der Waals surface area contributed by atoms with Gasteiger partial charge in [0.05, 0.1) is 0 Å². The number of rotatable bonds is 1. The smallest absolute Gasteiger partial charge is 0.352 e. The van der Waals surface area contributed by atoms with Gasteiger partial charge in [-0.15, -0.1) is 4.98 Å². The zero-order valence-corrected chi connectivity index (χ0v) is 9.32. The molecule has 6 nitrogen and oxygen atoms in total. The molecule has 0 spiro atoms. The first kappa shape index (κ1) is 10.8. The number of nitrogens with two attached hydrogens (primary N) is 1. The van der Waals surface area contributed by atoms with Crippen LogP contribution in [0.15, 0.2) is 6.33 Å². The third-order valence-electron chi connectivity index (χ3n) is 2.11. The van der Waals surface area contributed by atoms with Crippen LogP contribution >= 0.6 is 23.4 Å². The summed E-state index contributed by atoms with van der Waals surface area (Å²) in [7, 11) is 0. The van der Waals surface area contributed by atoms with E-state index < -0.39 is 5.56 Å². The van der Waals surface area contributed by atoms with Crippen molar-refractivity contribution in [3.05, 3.63) is 6.33 Å². The van der Waals surface area contributed by atoms with E-state index in [4.69, 9.17) is 33.8 Å². The number of anilines is 1. The van der Waals surface area contributed by atoms with Crippen LogP contribution < -0.4 is 9.74 Å². The first-order chi connectivity index (χ1) is 7.10. The summed E-state index contributed by atoms with van der Waals surface area (Å²) in [5.41, 5.74) is 5.03. The van der Waals surface area contributed by atoms with Gasteiger partial charge >= 0.3 is 5.95 Å². The van der Waals surface area contributed by atoms with E-state index in [9.17, 15) is 0 Å². The van der Waals surface area contributed by atoms with Gasteiger partial charge in [0.25, 0.3) is 0 Å². The van der Waals surface area contributed by atoms with Crippen LogP contribution in [0.1, 0.15) is 0 Å². The molecule has 8 heteroatoms. The minimum Gasteiger partial charge on any atom is -0.368 e. The molecule has 1 aromatic rings. The number of nitrogen functional groups attached to an aromatic ring is 1. The number of ether oxygens (including phenoxy) is 1. The molecule has 1 saturated heterocycles. The maximum absolute atomic E-state index is 6.33. The number of aromatic nitrogens is 3. The Kier molecular flexibility index (Phi) is 2.92. The molecule has 1 aliphatic rings. The van der Waals surface area contributed by atoms with Crippen LogP contribution in [0.5, 0.6) is 0 Å². The molecule has 0 aliphatic carbocycles. The third-order valence-corrected chi connectivity index (χ3v) is 2.84. The lowest BCUT2D eigenvalue weighted by Gasteiger charge is -2.31. The van der Waals surface area contributed by atoms with E-state index >= 15 is 0 Å². The average molecular weight is 251 g/mol. The van der Waals surface area contributed by atoms with Crippen LogP contribution in [0.4, 0.5) is 11.9 Å². The van der Waals surface area contributed by atoms with Gasteiger partial charge in [0.15, 0.2) is 17.3 Å². The molecule has 1 aromatic heterocycles. The number of alkyl halides is 1. The zero-order valence-electron chi connectivity index (χ0n) is 7.81. The van der Waals surface area contributed by atoms with Crippen LogP contribution in [-0.2, 0) is 4.74 Å². The number of nitrogens with zero attached hydrogens (tertiary/aromatic N) is 4. The fourth-order valence-electron chi connectivity index (χ4n) is 1.37. The Hall–Kier alpha value is -0.690. The molecular formula is C7H10Cl2N5O+. The van der Waals surface area contributed by atoms with Crippen molar-refractivity contribution < 1.29 is 4.74 Å². The maximum Gasteiger partial charge on any atom is 0.352 e. The topological polar surface area (TPSA) is 73.9 Å². The summed E-state index contributed by atoms with van der Waals surface area (Å²) < 4.78 is 5.19. The van der Waals surface area contributed by atoms with Gasteiger partial charge in [0.2, 0.25) is 5.95 Å². The molecule has 0 aromatic carbocycles. The van der Waals surface area contributed by atoms with E-state index in [1.165, 1.54) is 6.33 Å². The zero-order chi connectivity index (χ0) is 10.9. The SMILES string of the molecule is Nc1ncnc([N+]2(Cl)CCOC(Cl)C2)n1. The molecule has 2 N–H and O–H groups in total. The molecule has 0 saturated carbocycles. The van der Waals surface area contributed by atoms with Crippen molar-refractivity contribution in [1.82, 2.24) is 19.0 Å². The molecule has 0 bridgehead atoms. The summed E-state index contributed by atoms with van der Waals surface area (Å²) in [5, 5.41) is 0. The number of morpholine rings is 1. The van der Waals surface area contributed by atoms with Gasteiger partial charge in [-0.1, -0.05) is 11.6 Å². The molecule has 0 radical (unpaired) electrons. The van der Waals surface area contributed by atoms with Crippen LogP contribution in [0.3, 0.4) is 0 Å². The number of quaternary nitrogens is 1. The van der Waals surface area contributed by atoms with Gasteiger partial charge in [0.1, 0.15) is 26.0 Å². The minimum absolute atomic E-state index is 0.000880. The Bertz CT molecular complexity index is 365. The number of hydrogen-bond donors (Lipinski definition) is 1. The molecule has 15 heavy (non-hydrogen) atoms. The highest BCUT2D eigenvalue weighted by atomic mass is 35.5. The van der Waals surface area contributed by atoms with Gasteiger partial charge < -0.3 is 10.5 Å². The lowest BCUT2D eigenvalue weighted by Crippen LogP contribution is -2.52. The number of halogens is 2. The molecular weight excluding hydrogens is 241 g/mol. The molecule has 82 valence electrons. The summed E-state index contributed by atoms with van der Waals surface area (Å²) in [4.78, 5) is 11.7. The summed E-state index contributed by atoms with van der Waals surface area (Å²) >= 11 is 12.2. The van der Waals surface area contributed by atoms with Gasteiger partial charge in [-0.3, -0.25) is 0 Å². The van der Waals surface area contributed by atoms with Gasteiger partial charge in [-0.05, 0) is 0 Å². The van der Waals surface area contributed by atoms with Crippen molar-refractivity contribution >= 4 is 35.3 Å². The van der Waals surface area contributed by atoms with Crippen molar-refractivity contribution in [2.24, 2.45) is 0 Å². The highest BCUT2D eigenvalue weighted by molar-refractivity contribution is 6.23. The Morgan fingerprint density at radius 2 is 2.33 bits per heavy atom. The molecule has 2 atom stereocenters. The predicted molar refractivity (Wildman–Crippen MR) is 57.2 cm³/mol. The van der Waals surface area contributed by atoms with Gasteiger partial charge in [-0.25, -0.2) is 4.98 Å². The fraction of sp³-hybridized carbons (Fsp3) is 0.571. The summed E-state index contributed by atoms with van der Waals surface area (Å²) in [6.45, 7) is 1.41. The van der Waals surface area contributed by atoms with E-state index in [1.54, 1.807) is 0 Å². The Labute approximate surface area is 96.7 Å². The summed E-state index contributed by atoms with van der Waals surface area (Å²) in [6, 6.07) is 0. The second kappa shape index (κ2) is 4.05. The first-order valence-corrected chi connectivity index (χ1v) is 5.15. The van der Waals surface area contributed by atoms with E-state index in [1.807, 2.05) is 0 Å². The van der Waals surface area contributed by atoms with E-state index in [2.05, 4.69) is 15.0 Å². The Morgan fingerprint density at radius 1 is 1.53 bits per heavy atom. The largest absolute Gasteiger partial charge is 0.368 e. The average Bonchev–Trinajstić information content (AvgIpc) is 2.17. The van der Waals surface area contributed by atoms with E-state index in [-0.39, 0.29) is 9.95 Å². The maximum atomic E-state index is 6.33. The third kappa shape index (κ3) is 2.28.